The number of fused-ring (bicyclic) bond motifs is 7. The summed E-state index contributed by atoms with van der Waals surface area (Å²) in [4.78, 5) is 20.9. The summed E-state index contributed by atoms with van der Waals surface area (Å²) in [6, 6.07) is 71.1. The third kappa shape index (κ3) is 5.88. The van der Waals surface area contributed by atoms with E-state index in [0.29, 0.717) is 23.2 Å². The van der Waals surface area contributed by atoms with E-state index in [1.165, 1.54) is 5.39 Å². The standard InChI is InChI=1S/C56H35N5O/c1-5-18-36(19-6-1)41-26-13-14-27-42(41)39-34-48(56-59-54(37-20-7-2-8-21-37)58-55(60-56)38-22-9-3-10-23-38)50(57-35-39)47-30-17-29-45-46-33-32-44-43-28-15-16-31-49(43)61(40-24-11-4-12-25-40)51(44)53(46)62-52(45)47/h1-35H. The van der Waals surface area contributed by atoms with Crippen LogP contribution in [0.25, 0.3) is 117 Å². The number of rotatable bonds is 7. The van der Waals surface area contributed by atoms with Crippen LogP contribution in [0, 0.1) is 0 Å². The number of hydrogen-bond acceptors (Lipinski definition) is 5. The molecule has 0 bridgehead atoms. The summed E-state index contributed by atoms with van der Waals surface area (Å²) in [5, 5.41) is 4.33. The molecule has 0 amide bonds. The highest BCUT2D eigenvalue weighted by molar-refractivity contribution is 6.22. The van der Waals surface area contributed by atoms with E-state index < -0.39 is 0 Å². The van der Waals surface area contributed by atoms with E-state index in [2.05, 4.69) is 144 Å². The van der Waals surface area contributed by atoms with Crippen molar-refractivity contribution in [3.8, 4) is 73.4 Å². The maximum atomic E-state index is 7.20. The molecular formula is C56H35N5O. The van der Waals surface area contributed by atoms with Crippen LogP contribution in [0.4, 0.5) is 0 Å². The normalized spacial score (nSPS) is 11.5. The first-order valence-electron chi connectivity index (χ1n) is 20.7. The Hall–Kier alpha value is -8.48. The fourth-order valence-corrected chi connectivity index (χ4v) is 8.87. The Morgan fingerprint density at radius 3 is 1.56 bits per heavy atom. The van der Waals surface area contributed by atoms with E-state index in [4.69, 9.17) is 24.4 Å². The number of nitrogens with zero attached hydrogens (tertiary/aromatic N) is 5. The molecule has 12 rings (SSSR count). The molecule has 4 aromatic heterocycles. The predicted octanol–water partition coefficient (Wildman–Crippen LogP) is 14.3. The molecule has 6 heteroatoms. The Bertz CT molecular complexity index is 3560. The van der Waals surface area contributed by atoms with Crippen molar-refractivity contribution in [1.29, 1.82) is 0 Å². The van der Waals surface area contributed by atoms with Crippen molar-refractivity contribution < 1.29 is 4.42 Å². The molecule has 0 saturated heterocycles. The number of para-hydroxylation sites is 3. The third-order valence-corrected chi connectivity index (χ3v) is 11.7. The summed E-state index contributed by atoms with van der Waals surface area (Å²) in [6.07, 6.45) is 1.96. The zero-order valence-electron chi connectivity index (χ0n) is 33.4. The average Bonchev–Trinajstić information content (AvgIpc) is 3.91. The van der Waals surface area contributed by atoms with Crippen molar-refractivity contribution in [2.45, 2.75) is 0 Å². The van der Waals surface area contributed by atoms with Gasteiger partial charge < -0.3 is 8.98 Å². The molecule has 0 N–H and O–H groups in total. The average molecular weight is 794 g/mol. The van der Waals surface area contributed by atoms with Gasteiger partial charge in [-0.2, -0.15) is 0 Å². The monoisotopic (exact) mass is 793 g/mol. The third-order valence-electron chi connectivity index (χ3n) is 11.7. The van der Waals surface area contributed by atoms with Gasteiger partial charge in [0, 0.05) is 61.2 Å². The first kappa shape index (κ1) is 35.5. The summed E-state index contributed by atoms with van der Waals surface area (Å²) in [7, 11) is 0. The number of furan rings is 1. The van der Waals surface area contributed by atoms with Gasteiger partial charge in [0.2, 0.25) is 0 Å². The SMILES string of the molecule is c1ccc(-c2nc(-c3ccccc3)nc(-c3cc(-c4ccccc4-c4ccccc4)cnc3-c3cccc4c3oc3c4ccc4c5ccccc5n(-c5ccccc5)c43)n2)cc1. The fraction of sp³-hybridized carbons (Fsp3) is 0. The maximum Gasteiger partial charge on any atom is 0.166 e. The number of benzene rings is 8. The Labute approximate surface area is 357 Å². The molecule has 0 aliphatic heterocycles. The largest absolute Gasteiger partial charge is 0.453 e. The second kappa shape index (κ2) is 14.7. The van der Waals surface area contributed by atoms with Crippen molar-refractivity contribution in [2.75, 3.05) is 0 Å². The minimum atomic E-state index is 0.513. The van der Waals surface area contributed by atoms with Crippen molar-refractivity contribution in [3.05, 3.63) is 212 Å². The van der Waals surface area contributed by atoms with Gasteiger partial charge >= 0.3 is 0 Å². The second-order valence-corrected chi connectivity index (χ2v) is 15.4. The molecule has 12 aromatic rings. The van der Waals surface area contributed by atoms with E-state index >= 15 is 0 Å². The zero-order valence-corrected chi connectivity index (χ0v) is 33.4. The summed E-state index contributed by atoms with van der Waals surface area (Å²) in [5.74, 6) is 1.67. The van der Waals surface area contributed by atoms with Crippen LogP contribution in [0.3, 0.4) is 0 Å². The van der Waals surface area contributed by atoms with Gasteiger partial charge in [-0.25, -0.2) is 15.0 Å². The van der Waals surface area contributed by atoms with E-state index in [1.54, 1.807) is 0 Å². The zero-order chi connectivity index (χ0) is 41.0. The van der Waals surface area contributed by atoms with Crippen LogP contribution < -0.4 is 0 Å². The highest BCUT2D eigenvalue weighted by Crippen LogP contribution is 2.44. The van der Waals surface area contributed by atoms with Crippen molar-refractivity contribution in [1.82, 2.24) is 24.5 Å². The highest BCUT2D eigenvalue weighted by Gasteiger charge is 2.24. The van der Waals surface area contributed by atoms with Crippen LogP contribution in [0.2, 0.25) is 0 Å². The van der Waals surface area contributed by atoms with E-state index in [0.717, 1.165) is 88.6 Å². The molecule has 0 radical (unpaired) electrons. The Kier molecular flexibility index (Phi) is 8.38. The Morgan fingerprint density at radius 1 is 0.355 bits per heavy atom. The summed E-state index contributed by atoms with van der Waals surface area (Å²) >= 11 is 0. The van der Waals surface area contributed by atoms with E-state index in [1.807, 2.05) is 72.9 Å². The lowest BCUT2D eigenvalue weighted by atomic mass is 9.93. The van der Waals surface area contributed by atoms with Crippen LogP contribution in [0.5, 0.6) is 0 Å². The lowest BCUT2D eigenvalue weighted by Gasteiger charge is -2.15. The molecule has 0 fully saturated rings. The second-order valence-electron chi connectivity index (χ2n) is 15.4. The van der Waals surface area contributed by atoms with Gasteiger partial charge in [-0.1, -0.05) is 170 Å². The lowest BCUT2D eigenvalue weighted by Crippen LogP contribution is -2.02. The smallest absolute Gasteiger partial charge is 0.166 e. The molecule has 290 valence electrons. The number of hydrogen-bond donors (Lipinski definition) is 0. The van der Waals surface area contributed by atoms with Crippen LogP contribution in [0.1, 0.15) is 0 Å². The topological polar surface area (TPSA) is 69.6 Å². The lowest BCUT2D eigenvalue weighted by molar-refractivity contribution is 0.672. The molecule has 0 aliphatic carbocycles. The van der Waals surface area contributed by atoms with Gasteiger partial charge in [0.15, 0.2) is 23.1 Å². The van der Waals surface area contributed by atoms with Crippen LogP contribution in [-0.4, -0.2) is 24.5 Å². The molecule has 62 heavy (non-hydrogen) atoms. The van der Waals surface area contributed by atoms with Gasteiger partial charge in [-0.15, -0.1) is 0 Å². The predicted molar refractivity (Wildman–Crippen MR) is 252 cm³/mol. The molecule has 8 aromatic carbocycles. The van der Waals surface area contributed by atoms with Gasteiger partial charge in [-0.3, -0.25) is 4.98 Å². The Morgan fingerprint density at radius 2 is 0.871 bits per heavy atom. The first-order chi connectivity index (χ1) is 30.8. The van der Waals surface area contributed by atoms with Gasteiger partial charge in [0.1, 0.15) is 5.58 Å². The molecule has 6 nitrogen and oxygen atoms in total. The van der Waals surface area contributed by atoms with Crippen LogP contribution in [0.15, 0.2) is 217 Å². The first-order valence-corrected chi connectivity index (χ1v) is 20.7. The van der Waals surface area contributed by atoms with E-state index in [9.17, 15) is 0 Å². The molecule has 0 saturated carbocycles. The Balaban J connectivity index is 1.15. The summed E-state index contributed by atoms with van der Waals surface area (Å²) in [5.41, 5.74) is 13.1. The van der Waals surface area contributed by atoms with Crippen molar-refractivity contribution >= 4 is 43.7 Å². The highest BCUT2D eigenvalue weighted by atomic mass is 16.3. The minimum absolute atomic E-state index is 0.513. The molecule has 0 unspecified atom stereocenters. The molecule has 4 heterocycles. The van der Waals surface area contributed by atoms with Gasteiger partial charge in [0.05, 0.1) is 16.7 Å². The van der Waals surface area contributed by atoms with Crippen molar-refractivity contribution in [2.24, 2.45) is 0 Å². The van der Waals surface area contributed by atoms with Crippen LogP contribution >= 0.6 is 0 Å². The molecular weight excluding hydrogens is 759 g/mol. The van der Waals surface area contributed by atoms with E-state index in [-0.39, 0.29) is 0 Å². The van der Waals surface area contributed by atoms with Gasteiger partial charge in [-0.05, 0) is 53.1 Å². The van der Waals surface area contributed by atoms with Crippen LogP contribution in [-0.2, 0) is 0 Å². The molecule has 0 atom stereocenters. The minimum Gasteiger partial charge on any atom is -0.453 e. The van der Waals surface area contributed by atoms with Gasteiger partial charge in [0.25, 0.3) is 0 Å². The number of pyridine rings is 1. The molecule has 0 spiro atoms. The molecule has 0 aliphatic rings. The quantitative estimate of drug-likeness (QED) is 0.161. The maximum absolute atomic E-state index is 7.20. The summed E-state index contributed by atoms with van der Waals surface area (Å²) in [6.45, 7) is 0. The number of aromatic nitrogens is 5. The fourth-order valence-electron chi connectivity index (χ4n) is 8.87. The summed E-state index contributed by atoms with van der Waals surface area (Å²) < 4.78 is 9.52. The van der Waals surface area contributed by atoms with Crippen molar-refractivity contribution in [3.63, 3.8) is 0 Å².